The highest BCUT2D eigenvalue weighted by Crippen LogP contribution is 2.31. The molecule has 0 bridgehead atoms. The summed E-state index contributed by atoms with van der Waals surface area (Å²) in [5, 5.41) is 9.26. The summed E-state index contributed by atoms with van der Waals surface area (Å²) in [5.41, 5.74) is 0. The maximum Gasteiger partial charge on any atom is 0.242 e. The third-order valence-electron chi connectivity index (χ3n) is 1.83. The van der Waals surface area contributed by atoms with Crippen molar-refractivity contribution in [3.63, 3.8) is 0 Å². The number of aliphatic hydroxyl groups is 1. The van der Waals surface area contributed by atoms with E-state index < -0.39 is 16.1 Å². The first-order valence-corrected chi connectivity index (χ1v) is 7.18. The SMILES string of the molecule is C[C@@H](O)CNS(=O)(=O)c1cc(Cl)c(Cl)cc1Cl. The van der Waals surface area contributed by atoms with Crippen molar-refractivity contribution in [1.82, 2.24) is 4.72 Å². The minimum absolute atomic E-state index is 0.0301. The lowest BCUT2D eigenvalue weighted by atomic mass is 10.4. The lowest BCUT2D eigenvalue weighted by molar-refractivity contribution is 0.198. The van der Waals surface area contributed by atoms with Crippen molar-refractivity contribution in [3.05, 3.63) is 27.2 Å². The van der Waals surface area contributed by atoms with Crippen LogP contribution < -0.4 is 4.72 Å². The number of nitrogens with one attached hydrogen (secondary N) is 1. The van der Waals surface area contributed by atoms with E-state index in [1.54, 1.807) is 0 Å². The number of hydrogen-bond donors (Lipinski definition) is 2. The molecular formula is C9H10Cl3NO3S. The molecule has 0 spiro atoms. The first kappa shape index (κ1) is 15.0. The summed E-state index contributed by atoms with van der Waals surface area (Å²) in [6.07, 6.45) is -0.800. The number of rotatable bonds is 4. The van der Waals surface area contributed by atoms with Crippen molar-refractivity contribution in [3.8, 4) is 0 Å². The van der Waals surface area contributed by atoms with E-state index in [0.717, 1.165) is 6.07 Å². The minimum atomic E-state index is -3.81. The van der Waals surface area contributed by atoms with Crippen molar-refractivity contribution < 1.29 is 13.5 Å². The number of sulfonamides is 1. The number of aliphatic hydroxyl groups excluding tert-OH is 1. The van der Waals surface area contributed by atoms with Crippen LogP contribution in [0.5, 0.6) is 0 Å². The molecule has 1 rings (SSSR count). The third-order valence-corrected chi connectivity index (χ3v) is 4.44. The second-order valence-electron chi connectivity index (χ2n) is 3.40. The summed E-state index contributed by atoms with van der Waals surface area (Å²) in [4.78, 5) is -0.172. The zero-order chi connectivity index (χ0) is 13.2. The number of halogens is 3. The first-order chi connectivity index (χ1) is 7.74. The van der Waals surface area contributed by atoms with E-state index in [4.69, 9.17) is 39.9 Å². The van der Waals surface area contributed by atoms with Gasteiger partial charge in [0, 0.05) is 6.54 Å². The van der Waals surface area contributed by atoms with Gasteiger partial charge in [-0.2, -0.15) is 0 Å². The van der Waals surface area contributed by atoms with Crippen LogP contribution in [0.1, 0.15) is 6.92 Å². The molecule has 0 saturated carbocycles. The molecule has 2 N–H and O–H groups in total. The van der Waals surface area contributed by atoms with Gasteiger partial charge in [-0.1, -0.05) is 34.8 Å². The summed E-state index contributed by atoms with van der Waals surface area (Å²) in [6, 6.07) is 2.42. The zero-order valence-corrected chi connectivity index (χ0v) is 11.8. The van der Waals surface area contributed by atoms with Crippen LogP contribution in [0.4, 0.5) is 0 Å². The molecule has 8 heteroatoms. The molecule has 0 unspecified atom stereocenters. The van der Waals surface area contributed by atoms with E-state index >= 15 is 0 Å². The molecule has 96 valence electrons. The van der Waals surface area contributed by atoms with Crippen molar-refractivity contribution >= 4 is 44.8 Å². The average Bonchev–Trinajstić information content (AvgIpc) is 2.20. The molecule has 0 saturated heterocycles. The Hall–Kier alpha value is -0.0400. The van der Waals surface area contributed by atoms with Gasteiger partial charge in [0.05, 0.1) is 21.2 Å². The lowest BCUT2D eigenvalue weighted by Gasteiger charge is -2.10. The van der Waals surface area contributed by atoms with Crippen molar-refractivity contribution in [2.24, 2.45) is 0 Å². The van der Waals surface area contributed by atoms with E-state index in [1.165, 1.54) is 13.0 Å². The van der Waals surface area contributed by atoms with Crippen LogP contribution in [0.2, 0.25) is 15.1 Å². The van der Waals surface area contributed by atoms with Gasteiger partial charge in [0.2, 0.25) is 10.0 Å². The lowest BCUT2D eigenvalue weighted by Crippen LogP contribution is -2.30. The van der Waals surface area contributed by atoms with Crippen LogP contribution in [0.15, 0.2) is 17.0 Å². The molecule has 4 nitrogen and oxygen atoms in total. The van der Waals surface area contributed by atoms with Gasteiger partial charge in [-0.05, 0) is 19.1 Å². The van der Waals surface area contributed by atoms with Crippen LogP contribution in [0.3, 0.4) is 0 Å². The van der Waals surface area contributed by atoms with Gasteiger partial charge < -0.3 is 5.11 Å². The highest BCUT2D eigenvalue weighted by Gasteiger charge is 2.20. The summed E-state index contributed by atoms with van der Waals surface area (Å²) < 4.78 is 25.8. The third kappa shape index (κ3) is 3.98. The van der Waals surface area contributed by atoms with E-state index in [0.29, 0.717) is 0 Å². The fourth-order valence-electron chi connectivity index (χ4n) is 1.02. The first-order valence-electron chi connectivity index (χ1n) is 4.56. The van der Waals surface area contributed by atoms with Gasteiger partial charge in [-0.15, -0.1) is 0 Å². The van der Waals surface area contributed by atoms with Gasteiger partial charge in [0.1, 0.15) is 4.90 Å². The average molecular weight is 319 g/mol. The summed E-state index contributed by atoms with van der Waals surface area (Å²) in [5.74, 6) is 0. The molecule has 0 amide bonds. The molecule has 1 atom stereocenters. The second kappa shape index (κ2) is 5.73. The summed E-state index contributed by atoms with van der Waals surface area (Å²) >= 11 is 17.2. The van der Waals surface area contributed by atoms with Gasteiger partial charge in [-0.25, -0.2) is 13.1 Å². The van der Waals surface area contributed by atoms with Crippen LogP contribution >= 0.6 is 34.8 Å². The van der Waals surface area contributed by atoms with Crippen molar-refractivity contribution in [2.75, 3.05) is 6.54 Å². The van der Waals surface area contributed by atoms with Crippen molar-refractivity contribution in [1.29, 1.82) is 0 Å². The molecule has 0 aliphatic heterocycles. The molecule has 0 aromatic heterocycles. The topological polar surface area (TPSA) is 66.4 Å². The Balaban J connectivity index is 3.11. The van der Waals surface area contributed by atoms with Gasteiger partial charge in [-0.3, -0.25) is 0 Å². The Kier molecular flexibility index (Phi) is 5.07. The smallest absolute Gasteiger partial charge is 0.242 e. The van der Waals surface area contributed by atoms with E-state index in [2.05, 4.69) is 4.72 Å². The summed E-state index contributed by atoms with van der Waals surface area (Å²) in [6.45, 7) is 1.35. The fraction of sp³-hybridized carbons (Fsp3) is 0.333. The Labute approximate surface area is 115 Å². The Morgan fingerprint density at radius 3 is 2.29 bits per heavy atom. The van der Waals surface area contributed by atoms with Crippen LogP contribution in [-0.4, -0.2) is 26.2 Å². The fourth-order valence-corrected chi connectivity index (χ4v) is 3.14. The molecule has 0 aliphatic carbocycles. The number of hydrogen-bond acceptors (Lipinski definition) is 3. The Morgan fingerprint density at radius 2 is 1.76 bits per heavy atom. The Morgan fingerprint density at radius 1 is 1.24 bits per heavy atom. The van der Waals surface area contributed by atoms with E-state index in [9.17, 15) is 8.42 Å². The highest BCUT2D eigenvalue weighted by atomic mass is 35.5. The monoisotopic (exact) mass is 317 g/mol. The predicted molar refractivity (Wildman–Crippen MR) is 68.3 cm³/mol. The van der Waals surface area contributed by atoms with Crippen molar-refractivity contribution in [2.45, 2.75) is 17.9 Å². The molecule has 17 heavy (non-hydrogen) atoms. The molecule has 0 heterocycles. The van der Waals surface area contributed by atoms with E-state index in [1.807, 2.05) is 0 Å². The molecule has 1 aromatic rings. The highest BCUT2D eigenvalue weighted by molar-refractivity contribution is 7.89. The number of benzene rings is 1. The molecule has 0 aliphatic rings. The summed E-state index contributed by atoms with van der Waals surface area (Å²) in [7, 11) is -3.81. The van der Waals surface area contributed by atoms with E-state index in [-0.39, 0.29) is 26.5 Å². The van der Waals surface area contributed by atoms with Gasteiger partial charge in [0.15, 0.2) is 0 Å². The largest absolute Gasteiger partial charge is 0.392 e. The molecule has 0 radical (unpaired) electrons. The molecule has 1 aromatic carbocycles. The standard InChI is InChI=1S/C9H10Cl3NO3S/c1-5(14)4-13-17(15,16)9-3-7(11)6(10)2-8(9)12/h2-3,5,13-14H,4H2,1H3/t5-/m1/s1. The predicted octanol–water partition coefficient (Wildman–Crippen LogP) is 2.31. The molecular weight excluding hydrogens is 309 g/mol. The minimum Gasteiger partial charge on any atom is -0.392 e. The van der Waals surface area contributed by atoms with Gasteiger partial charge >= 0.3 is 0 Å². The Bertz CT molecular complexity index is 516. The second-order valence-corrected chi connectivity index (χ2v) is 6.35. The maximum absolute atomic E-state index is 11.8. The maximum atomic E-state index is 11.8. The quantitative estimate of drug-likeness (QED) is 0.837. The van der Waals surface area contributed by atoms with Crippen LogP contribution in [0.25, 0.3) is 0 Å². The van der Waals surface area contributed by atoms with Crippen LogP contribution in [0, 0.1) is 0 Å². The normalized spacial score (nSPS) is 13.7. The van der Waals surface area contributed by atoms with Crippen LogP contribution in [-0.2, 0) is 10.0 Å². The van der Waals surface area contributed by atoms with Gasteiger partial charge in [0.25, 0.3) is 0 Å². The molecule has 0 fully saturated rings. The zero-order valence-electron chi connectivity index (χ0n) is 8.75.